The van der Waals surface area contributed by atoms with Crippen molar-refractivity contribution in [1.82, 2.24) is 9.62 Å². The molecule has 9 nitrogen and oxygen atoms in total. The first-order chi connectivity index (χ1) is 16.5. The third kappa shape index (κ3) is 6.59. The minimum atomic E-state index is -3.88. The maximum atomic E-state index is 12.8. The van der Waals surface area contributed by atoms with Crippen LogP contribution in [0, 0.1) is 6.92 Å². The lowest BCUT2D eigenvalue weighted by Gasteiger charge is -2.13. The van der Waals surface area contributed by atoms with Crippen LogP contribution in [0.5, 0.6) is 5.75 Å². The van der Waals surface area contributed by atoms with Crippen molar-refractivity contribution in [3.63, 3.8) is 0 Å². The Morgan fingerprint density at radius 1 is 0.914 bits per heavy atom. The highest BCUT2D eigenvalue weighted by molar-refractivity contribution is 7.92. The van der Waals surface area contributed by atoms with Crippen molar-refractivity contribution in [2.75, 3.05) is 32.0 Å². The highest BCUT2D eigenvalue weighted by Gasteiger charge is 2.20. The Kier molecular flexibility index (Phi) is 8.15. The van der Waals surface area contributed by atoms with Crippen LogP contribution in [0.2, 0.25) is 0 Å². The van der Waals surface area contributed by atoms with Crippen LogP contribution in [-0.4, -0.2) is 54.3 Å². The van der Waals surface area contributed by atoms with E-state index < -0.39 is 26.0 Å². The van der Waals surface area contributed by atoms with E-state index in [4.69, 9.17) is 4.74 Å². The molecule has 11 heteroatoms. The number of anilines is 1. The summed E-state index contributed by atoms with van der Waals surface area (Å²) in [6, 6.07) is 18.9. The molecule has 0 saturated heterocycles. The van der Waals surface area contributed by atoms with Crippen molar-refractivity contribution < 1.29 is 26.4 Å². The maximum Gasteiger partial charge on any atom is 0.262 e. The summed E-state index contributed by atoms with van der Waals surface area (Å²) in [6.45, 7) is 1.96. The van der Waals surface area contributed by atoms with Gasteiger partial charge in [0.1, 0.15) is 12.4 Å². The molecule has 0 heterocycles. The van der Waals surface area contributed by atoms with E-state index in [2.05, 4.69) is 10.0 Å². The van der Waals surface area contributed by atoms with Gasteiger partial charge in [0.05, 0.1) is 16.3 Å². The number of hydrogen-bond donors (Lipinski definition) is 2. The Balaban J connectivity index is 1.59. The second-order valence-corrected chi connectivity index (χ2v) is 11.6. The Hall–Kier alpha value is -3.41. The number of ether oxygens (including phenoxy) is 1. The average molecular weight is 518 g/mol. The summed E-state index contributed by atoms with van der Waals surface area (Å²) in [5, 5.41) is 2.69. The van der Waals surface area contributed by atoms with Gasteiger partial charge in [-0.15, -0.1) is 0 Å². The van der Waals surface area contributed by atoms with Gasteiger partial charge in [-0.25, -0.2) is 21.1 Å². The molecule has 0 aliphatic carbocycles. The Morgan fingerprint density at radius 3 is 2.20 bits per heavy atom. The van der Waals surface area contributed by atoms with E-state index in [0.29, 0.717) is 17.0 Å². The van der Waals surface area contributed by atoms with Gasteiger partial charge in [-0.1, -0.05) is 24.3 Å². The number of nitrogens with zero attached hydrogens (tertiary/aromatic N) is 1. The molecular weight excluding hydrogens is 490 g/mol. The molecule has 3 rings (SSSR count). The van der Waals surface area contributed by atoms with Crippen LogP contribution in [0.1, 0.15) is 15.9 Å². The number of rotatable bonds is 10. The molecule has 0 aliphatic rings. The topological polar surface area (TPSA) is 122 Å². The van der Waals surface area contributed by atoms with Gasteiger partial charge in [-0.2, -0.15) is 0 Å². The van der Waals surface area contributed by atoms with Gasteiger partial charge in [-0.05, 0) is 61.0 Å². The normalized spacial score (nSPS) is 11.8. The van der Waals surface area contributed by atoms with Crippen molar-refractivity contribution in [1.29, 1.82) is 0 Å². The third-order valence-electron chi connectivity index (χ3n) is 5.02. The first-order valence-corrected chi connectivity index (χ1v) is 13.5. The van der Waals surface area contributed by atoms with Gasteiger partial charge in [0.2, 0.25) is 10.0 Å². The van der Waals surface area contributed by atoms with Gasteiger partial charge in [0.15, 0.2) is 0 Å². The van der Waals surface area contributed by atoms with Crippen molar-refractivity contribution in [2.24, 2.45) is 0 Å². The van der Waals surface area contributed by atoms with Gasteiger partial charge < -0.3 is 10.1 Å². The summed E-state index contributed by atoms with van der Waals surface area (Å²) in [4.78, 5) is 12.7. The fourth-order valence-corrected chi connectivity index (χ4v) is 5.33. The molecule has 2 N–H and O–H groups in total. The molecule has 0 bridgehead atoms. The second-order valence-electron chi connectivity index (χ2n) is 7.81. The number of aryl methyl sites for hydroxylation is 1. The minimum Gasteiger partial charge on any atom is -0.492 e. The molecule has 0 saturated carbocycles. The Bertz CT molecular complexity index is 1390. The van der Waals surface area contributed by atoms with E-state index >= 15 is 0 Å². The molecular formula is C24H27N3O6S2. The smallest absolute Gasteiger partial charge is 0.262 e. The van der Waals surface area contributed by atoms with Gasteiger partial charge in [0.25, 0.3) is 15.9 Å². The number of hydrogen-bond acceptors (Lipinski definition) is 6. The molecule has 0 aliphatic heterocycles. The van der Waals surface area contributed by atoms with E-state index in [-0.39, 0.29) is 28.5 Å². The zero-order valence-electron chi connectivity index (χ0n) is 19.6. The van der Waals surface area contributed by atoms with Crippen LogP contribution in [0.4, 0.5) is 5.69 Å². The predicted octanol–water partition coefficient (Wildman–Crippen LogP) is 2.85. The van der Waals surface area contributed by atoms with Crippen molar-refractivity contribution in [2.45, 2.75) is 16.7 Å². The van der Waals surface area contributed by atoms with Gasteiger partial charge in [0, 0.05) is 25.3 Å². The van der Waals surface area contributed by atoms with E-state index in [1.807, 2.05) is 0 Å². The first-order valence-electron chi connectivity index (χ1n) is 10.6. The summed E-state index contributed by atoms with van der Waals surface area (Å²) in [5.41, 5.74) is 1.13. The number of nitrogens with one attached hydrogen (secondary N) is 2. The van der Waals surface area contributed by atoms with E-state index in [0.717, 1.165) is 4.31 Å². The molecule has 0 unspecified atom stereocenters. The van der Waals surface area contributed by atoms with Crippen LogP contribution >= 0.6 is 0 Å². The summed E-state index contributed by atoms with van der Waals surface area (Å²) >= 11 is 0. The SMILES string of the molecule is Cc1ccc(C(=O)NCCOc2ccc(S(=O)(=O)N(C)C)cc2)cc1S(=O)(=O)Nc1ccccc1. The molecule has 0 aromatic heterocycles. The van der Waals surface area contributed by atoms with Crippen molar-refractivity contribution in [3.8, 4) is 5.75 Å². The summed E-state index contributed by atoms with van der Waals surface area (Å²) in [7, 11) is -4.50. The predicted molar refractivity (Wildman–Crippen MR) is 134 cm³/mol. The standard InChI is InChI=1S/C24H27N3O6S2/c1-18-9-10-19(17-23(18)34(29,30)26-20-7-5-4-6-8-20)24(28)25-15-16-33-21-11-13-22(14-12-21)35(31,32)27(2)3/h4-14,17,26H,15-16H2,1-3H3,(H,25,28). The number of carbonyl (C=O) groups is 1. The molecule has 0 atom stereocenters. The highest BCUT2D eigenvalue weighted by atomic mass is 32.2. The first kappa shape index (κ1) is 26.2. The lowest BCUT2D eigenvalue weighted by Crippen LogP contribution is -2.28. The Morgan fingerprint density at radius 2 is 1.57 bits per heavy atom. The summed E-state index contributed by atoms with van der Waals surface area (Å²) in [6.07, 6.45) is 0. The fraction of sp³-hybridized carbons (Fsp3) is 0.208. The zero-order valence-corrected chi connectivity index (χ0v) is 21.2. The van der Waals surface area contributed by atoms with Crippen molar-refractivity contribution in [3.05, 3.63) is 83.9 Å². The maximum absolute atomic E-state index is 12.8. The van der Waals surface area contributed by atoms with E-state index in [1.165, 1.54) is 44.4 Å². The fourth-order valence-electron chi connectivity index (χ4n) is 3.10. The number of sulfonamides is 2. The number of carbonyl (C=O) groups excluding carboxylic acids is 1. The van der Waals surface area contributed by atoms with Crippen LogP contribution in [0.15, 0.2) is 82.6 Å². The van der Waals surface area contributed by atoms with Crippen molar-refractivity contribution >= 4 is 31.6 Å². The summed E-state index contributed by atoms with van der Waals surface area (Å²) < 4.78 is 59.1. The third-order valence-corrected chi connectivity index (χ3v) is 8.38. The second kappa shape index (κ2) is 10.9. The zero-order chi connectivity index (χ0) is 25.6. The van der Waals surface area contributed by atoms with Crippen LogP contribution in [0.25, 0.3) is 0 Å². The lowest BCUT2D eigenvalue weighted by atomic mass is 10.1. The largest absolute Gasteiger partial charge is 0.492 e. The quantitative estimate of drug-likeness (QED) is 0.399. The average Bonchev–Trinajstić information content (AvgIpc) is 2.82. The highest BCUT2D eigenvalue weighted by Crippen LogP contribution is 2.21. The minimum absolute atomic E-state index is 0.0121. The molecule has 35 heavy (non-hydrogen) atoms. The van der Waals surface area contributed by atoms with E-state index in [9.17, 15) is 21.6 Å². The van der Waals surface area contributed by atoms with Crippen LogP contribution < -0.4 is 14.8 Å². The summed E-state index contributed by atoms with van der Waals surface area (Å²) in [5.74, 6) is 0.00448. The molecule has 186 valence electrons. The lowest BCUT2D eigenvalue weighted by molar-refractivity contribution is 0.0946. The molecule has 0 spiro atoms. The Labute approximate surface area is 205 Å². The molecule has 3 aromatic rings. The number of amides is 1. The number of para-hydroxylation sites is 1. The van der Waals surface area contributed by atoms with E-state index in [1.54, 1.807) is 49.4 Å². The molecule has 1 amide bonds. The monoisotopic (exact) mass is 517 g/mol. The molecule has 3 aromatic carbocycles. The number of benzene rings is 3. The molecule has 0 radical (unpaired) electrons. The van der Waals surface area contributed by atoms with Crippen LogP contribution in [0.3, 0.4) is 0 Å². The van der Waals surface area contributed by atoms with Crippen LogP contribution in [-0.2, 0) is 20.0 Å². The van der Waals surface area contributed by atoms with Gasteiger partial charge >= 0.3 is 0 Å². The molecule has 0 fully saturated rings. The van der Waals surface area contributed by atoms with Gasteiger partial charge in [-0.3, -0.25) is 9.52 Å².